The Morgan fingerprint density at radius 3 is 2.53 bits per heavy atom. The summed E-state index contributed by atoms with van der Waals surface area (Å²) in [5, 5.41) is 0. The van der Waals surface area contributed by atoms with Crippen LogP contribution in [0.3, 0.4) is 0 Å². The molecule has 4 nitrogen and oxygen atoms in total. The number of nitrogens with two attached hydrogens (primary N) is 1. The van der Waals surface area contributed by atoms with Crippen LogP contribution in [0.1, 0.15) is 19.9 Å². The summed E-state index contributed by atoms with van der Waals surface area (Å²) in [5.41, 5.74) is 5.68. The second-order valence-electron chi connectivity index (χ2n) is 4.01. The van der Waals surface area contributed by atoms with Gasteiger partial charge in [-0.05, 0) is 38.1 Å². The SMILES string of the molecule is CC(C)n1cc(N)nc1Oc1ccc(Br)cc1. The monoisotopic (exact) mass is 295 g/mol. The summed E-state index contributed by atoms with van der Waals surface area (Å²) < 4.78 is 8.61. The van der Waals surface area contributed by atoms with E-state index in [2.05, 4.69) is 34.8 Å². The molecule has 1 heterocycles. The Morgan fingerprint density at radius 2 is 1.94 bits per heavy atom. The highest BCUT2D eigenvalue weighted by molar-refractivity contribution is 9.10. The standard InChI is InChI=1S/C12H14BrN3O/c1-8(2)16-7-11(14)15-12(16)17-10-5-3-9(13)4-6-10/h3-8H,14H2,1-2H3. The van der Waals surface area contributed by atoms with E-state index in [4.69, 9.17) is 10.5 Å². The van der Waals surface area contributed by atoms with Crippen LogP contribution in [0.25, 0.3) is 0 Å². The van der Waals surface area contributed by atoms with Crippen LogP contribution in [0.2, 0.25) is 0 Å². The zero-order valence-electron chi connectivity index (χ0n) is 9.72. The Morgan fingerprint density at radius 1 is 1.29 bits per heavy atom. The Hall–Kier alpha value is -1.49. The van der Waals surface area contributed by atoms with Gasteiger partial charge in [-0.2, -0.15) is 4.98 Å². The second-order valence-corrected chi connectivity index (χ2v) is 4.92. The third kappa shape index (κ3) is 2.79. The Balaban J connectivity index is 2.26. The van der Waals surface area contributed by atoms with Crippen molar-refractivity contribution in [3.05, 3.63) is 34.9 Å². The Bertz CT molecular complexity index is 505. The molecule has 2 aromatic rings. The number of anilines is 1. The molecule has 2 rings (SSSR count). The number of nitrogen functional groups attached to an aromatic ring is 1. The second kappa shape index (κ2) is 4.79. The summed E-state index contributed by atoms with van der Waals surface area (Å²) in [6.45, 7) is 4.10. The predicted molar refractivity (Wildman–Crippen MR) is 71.2 cm³/mol. The smallest absolute Gasteiger partial charge is 0.304 e. The number of benzene rings is 1. The van der Waals surface area contributed by atoms with Gasteiger partial charge in [-0.3, -0.25) is 4.57 Å². The lowest BCUT2D eigenvalue weighted by Gasteiger charge is -2.11. The first kappa shape index (κ1) is 12.0. The minimum absolute atomic E-state index is 0.255. The molecule has 0 saturated heterocycles. The van der Waals surface area contributed by atoms with E-state index in [0.717, 1.165) is 10.2 Å². The quantitative estimate of drug-likeness (QED) is 0.941. The van der Waals surface area contributed by atoms with Crippen molar-refractivity contribution in [2.75, 3.05) is 5.73 Å². The molecule has 17 heavy (non-hydrogen) atoms. The van der Waals surface area contributed by atoms with Crippen molar-refractivity contribution in [2.24, 2.45) is 0 Å². The summed E-state index contributed by atoms with van der Waals surface area (Å²) in [6, 6.07) is 8.35. The third-order valence-corrected chi connectivity index (χ3v) is 2.82. The van der Waals surface area contributed by atoms with Gasteiger partial charge in [0.05, 0.1) is 6.20 Å². The van der Waals surface area contributed by atoms with Gasteiger partial charge in [0.1, 0.15) is 11.6 Å². The van der Waals surface area contributed by atoms with Crippen molar-refractivity contribution in [3.8, 4) is 11.8 Å². The summed E-state index contributed by atoms with van der Waals surface area (Å²) in [4.78, 5) is 4.16. The van der Waals surface area contributed by atoms with Crippen molar-refractivity contribution in [1.82, 2.24) is 9.55 Å². The first-order chi connectivity index (χ1) is 8.06. The zero-order chi connectivity index (χ0) is 12.4. The maximum Gasteiger partial charge on any atom is 0.304 e. The fourth-order valence-corrected chi connectivity index (χ4v) is 1.71. The third-order valence-electron chi connectivity index (χ3n) is 2.30. The number of halogens is 1. The van der Waals surface area contributed by atoms with Crippen molar-refractivity contribution in [3.63, 3.8) is 0 Å². The molecule has 0 saturated carbocycles. The van der Waals surface area contributed by atoms with Gasteiger partial charge in [0.2, 0.25) is 0 Å². The first-order valence-corrected chi connectivity index (χ1v) is 6.13. The Labute approximate surface area is 109 Å². The molecule has 0 radical (unpaired) electrons. The molecule has 0 unspecified atom stereocenters. The molecule has 0 atom stereocenters. The molecule has 1 aromatic carbocycles. The van der Waals surface area contributed by atoms with Gasteiger partial charge in [-0.1, -0.05) is 15.9 Å². The van der Waals surface area contributed by atoms with Gasteiger partial charge < -0.3 is 10.5 Å². The fraction of sp³-hybridized carbons (Fsp3) is 0.250. The molecule has 2 N–H and O–H groups in total. The minimum Gasteiger partial charge on any atom is -0.425 e. The van der Waals surface area contributed by atoms with Gasteiger partial charge in [-0.25, -0.2) is 0 Å². The van der Waals surface area contributed by atoms with E-state index in [1.807, 2.05) is 28.8 Å². The Kier molecular flexibility index (Phi) is 3.38. The molecule has 0 spiro atoms. The molecule has 5 heteroatoms. The van der Waals surface area contributed by atoms with E-state index in [-0.39, 0.29) is 6.04 Å². The van der Waals surface area contributed by atoms with Crippen LogP contribution in [0.4, 0.5) is 5.82 Å². The normalized spacial score (nSPS) is 10.8. The lowest BCUT2D eigenvalue weighted by atomic mass is 10.3. The van der Waals surface area contributed by atoms with E-state index in [0.29, 0.717) is 11.8 Å². The van der Waals surface area contributed by atoms with Crippen LogP contribution < -0.4 is 10.5 Å². The van der Waals surface area contributed by atoms with Crippen molar-refractivity contribution < 1.29 is 4.74 Å². The van der Waals surface area contributed by atoms with E-state index < -0.39 is 0 Å². The highest BCUT2D eigenvalue weighted by Crippen LogP contribution is 2.25. The molecule has 0 aliphatic rings. The summed E-state index contributed by atoms with van der Waals surface area (Å²) in [7, 11) is 0. The van der Waals surface area contributed by atoms with Crippen LogP contribution in [-0.2, 0) is 0 Å². The molecule has 90 valence electrons. The van der Waals surface area contributed by atoms with Crippen LogP contribution in [-0.4, -0.2) is 9.55 Å². The maximum atomic E-state index is 5.70. The van der Waals surface area contributed by atoms with E-state index in [1.165, 1.54) is 0 Å². The van der Waals surface area contributed by atoms with E-state index in [1.54, 1.807) is 6.20 Å². The molecule has 0 fully saturated rings. The first-order valence-electron chi connectivity index (χ1n) is 5.34. The number of nitrogens with zero attached hydrogens (tertiary/aromatic N) is 2. The summed E-state index contributed by atoms with van der Waals surface area (Å²) in [5.74, 6) is 1.20. The predicted octanol–water partition coefficient (Wildman–Crippen LogP) is 3.60. The average Bonchev–Trinajstić information content (AvgIpc) is 2.63. The number of imidazole rings is 1. The minimum atomic E-state index is 0.255. The van der Waals surface area contributed by atoms with Gasteiger partial charge in [0, 0.05) is 10.5 Å². The zero-order valence-corrected chi connectivity index (χ0v) is 11.3. The number of rotatable bonds is 3. The van der Waals surface area contributed by atoms with Crippen molar-refractivity contribution >= 4 is 21.7 Å². The molecule has 0 bridgehead atoms. The maximum absolute atomic E-state index is 5.70. The number of hydrogen-bond donors (Lipinski definition) is 1. The van der Waals surface area contributed by atoms with Crippen LogP contribution in [0.5, 0.6) is 11.8 Å². The highest BCUT2D eigenvalue weighted by Gasteiger charge is 2.10. The number of aromatic nitrogens is 2. The summed E-state index contributed by atoms with van der Waals surface area (Å²) >= 11 is 3.38. The highest BCUT2D eigenvalue weighted by atomic mass is 79.9. The van der Waals surface area contributed by atoms with Crippen LogP contribution in [0.15, 0.2) is 34.9 Å². The molecule has 0 aliphatic heterocycles. The molecule has 0 aliphatic carbocycles. The van der Waals surface area contributed by atoms with Crippen LogP contribution in [0, 0.1) is 0 Å². The van der Waals surface area contributed by atoms with Gasteiger partial charge in [0.15, 0.2) is 0 Å². The van der Waals surface area contributed by atoms with Gasteiger partial charge in [-0.15, -0.1) is 0 Å². The largest absolute Gasteiger partial charge is 0.425 e. The molecular formula is C12H14BrN3O. The van der Waals surface area contributed by atoms with E-state index in [9.17, 15) is 0 Å². The van der Waals surface area contributed by atoms with E-state index >= 15 is 0 Å². The molecular weight excluding hydrogens is 282 g/mol. The number of hydrogen-bond acceptors (Lipinski definition) is 3. The lowest BCUT2D eigenvalue weighted by Crippen LogP contribution is -2.01. The van der Waals surface area contributed by atoms with Gasteiger partial charge in [0.25, 0.3) is 0 Å². The fourth-order valence-electron chi connectivity index (χ4n) is 1.45. The molecule has 0 amide bonds. The topological polar surface area (TPSA) is 53.1 Å². The van der Waals surface area contributed by atoms with Crippen LogP contribution >= 0.6 is 15.9 Å². The molecule has 1 aromatic heterocycles. The lowest BCUT2D eigenvalue weighted by molar-refractivity contribution is 0.396. The van der Waals surface area contributed by atoms with Crippen molar-refractivity contribution in [1.29, 1.82) is 0 Å². The van der Waals surface area contributed by atoms with Gasteiger partial charge >= 0.3 is 6.01 Å². The van der Waals surface area contributed by atoms with Crippen molar-refractivity contribution in [2.45, 2.75) is 19.9 Å². The summed E-state index contributed by atoms with van der Waals surface area (Å²) in [6.07, 6.45) is 1.78. The number of ether oxygens (including phenoxy) is 1. The average molecular weight is 296 g/mol.